The standard InChI is InChI=1S/C14H33O2PS2/c1-5-9-13(7-3)11-19(17(15,16)18)12-14(8-4)10-6-2/h13-16,18H,5-12H2,1-4H3. The van der Waals surface area contributed by atoms with Crippen molar-refractivity contribution in [1.82, 2.24) is 0 Å². The highest BCUT2D eigenvalue weighted by Gasteiger charge is 2.19. The lowest BCUT2D eigenvalue weighted by molar-refractivity contribution is 0.493. The van der Waals surface area contributed by atoms with E-state index in [1.807, 2.05) is 0 Å². The van der Waals surface area contributed by atoms with E-state index in [1.54, 1.807) is 0 Å². The molecule has 0 spiro atoms. The molecule has 0 saturated carbocycles. The van der Waals surface area contributed by atoms with Crippen LogP contribution in [-0.2, 0) is 10.1 Å². The Morgan fingerprint density at radius 1 is 0.895 bits per heavy atom. The molecular weight excluding hydrogens is 295 g/mol. The molecule has 0 heterocycles. The first-order chi connectivity index (χ1) is 8.88. The lowest BCUT2D eigenvalue weighted by Gasteiger charge is -2.25. The van der Waals surface area contributed by atoms with E-state index in [0.717, 1.165) is 24.3 Å². The summed E-state index contributed by atoms with van der Waals surface area (Å²) in [5, 5.41) is 0. The molecule has 0 aromatic carbocycles. The van der Waals surface area contributed by atoms with Gasteiger partial charge < -0.3 is 9.79 Å². The molecule has 19 heavy (non-hydrogen) atoms. The number of rotatable bonds is 10. The van der Waals surface area contributed by atoms with Crippen molar-refractivity contribution in [1.29, 1.82) is 0 Å². The molecule has 0 aromatic rings. The SMILES string of the molecule is CCCC(CC)CS(CC(CC)CCC)=P(O)(O)S. The molecule has 0 saturated heterocycles. The average molecular weight is 329 g/mol. The molecule has 0 aliphatic heterocycles. The molecule has 0 bridgehead atoms. The Morgan fingerprint density at radius 3 is 1.47 bits per heavy atom. The van der Waals surface area contributed by atoms with Crippen LogP contribution in [0, 0.1) is 11.8 Å². The third kappa shape index (κ3) is 8.83. The second-order valence-electron chi connectivity index (χ2n) is 5.43. The van der Waals surface area contributed by atoms with Crippen LogP contribution >= 0.6 is 17.9 Å². The van der Waals surface area contributed by atoms with Crippen molar-refractivity contribution in [2.24, 2.45) is 11.8 Å². The van der Waals surface area contributed by atoms with Crippen molar-refractivity contribution in [3.8, 4) is 0 Å². The Balaban J connectivity index is 4.85. The van der Waals surface area contributed by atoms with Crippen molar-refractivity contribution in [2.75, 3.05) is 11.5 Å². The minimum Gasteiger partial charge on any atom is -0.341 e. The van der Waals surface area contributed by atoms with Gasteiger partial charge in [-0.15, -0.1) is 10.1 Å². The lowest BCUT2D eigenvalue weighted by Crippen LogP contribution is -2.18. The Morgan fingerprint density at radius 2 is 1.26 bits per heavy atom. The highest BCUT2D eigenvalue weighted by Crippen LogP contribution is 2.48. The fourth-order valence-electron chi connectivity index (χ4n) is 2.44. The van der Waals surface area contributed by atoms with Gasteiger partial charge in [0.15, 0.2) is 5.69 Å². The summed E-state index contributed by atoms with van der Waals surface area (Å²) in [5.41, 5.74) is -2.99. The van der Waals surface area contributed by atoms with Crippen molar-refractivity contribution in [2.45, 2.75) is 66.2 Å². The van der Waals surface area contributed by atoms with E-state index in [2.05, 4.69) is 39.9 Å². The smallest absolute Gasteiger partial charge is 0.198 e. The summed E-state index contributed by atoms with van der Waals surface area (Å²) in [6.45, 7) is 8.82. The highest BCUT2D eigenvalue weighted by atomic mass is 32.9. The zero-order chi connectivity index (χ0) is 14.9. The topological polar surface area (TPSA) is 40.5 Å². The van der Waals surface area contributed by atoms with Crippen LogP contribution in [0.2, 0.25) is 0 Å². The zero-order valence-electron chi connectivity index (χ0n) is 13.0. The average Bonchev–Trinajstić information content (AvgIpc) is 2.34. The second kappa shape index (κ2) is 10.7. The van der Waals surface area contributed by atoms with Crippen molar-refractivity contribution in [3.63, 3.8) is 0 Å². The van der Waals surface area contributed by atoms with Crippen molar-refractivity contribution >= 4 is 28.0 Å². The van der Waals surface area contributed by atoms with Crippen LogP contribution in [0.1, 0.15) is 66.2 Å². The predicted molar refractivity (Wildman–Crippen MR) is 94.8 cm³/mol. The Kier molecular flexibility index (Phi) is 11.3. The van der Waals surface area contributed by atoms with Crippen LogP contribution in [0.15, 0.2) is 0 Å². The van der Waals surface area contributed by atoms with Crippen molar-refractivity contribution < 1.29 is 9.79 Å². The van der Waals surface area contributed by atoms with Crippen LogP contribution in [0.5, 0.6) is 0 Å². The summed E-state index contributed by atoms with van der Waals surface area (Å²) in [6.07, 6.45) is 7.01. The van der Waals surface area contributed by atoms with Gasteiger partial charge in [0, 0.05) is 0 Å². The first-order valence-corrected chi connectivity index (χ1v) is 12.7. The van der Waals surface area contributed by atoms with E-state index in [-0.39, 0.29) is 10.1 Å². The van der Waals surface area contributed by atoms with Gasteiger partial charge in [0.25, 0.3) is 0 Å². The molecule has 2 atom stereocenters. The van der Waals surface area contributed by atoms with Gasteiger partial charge >= 0.3 is 0 Å². The van der Waals surface area contributed by atoms with E-state index in [1.165, 1.54) is 25.7 Å². The number of thiol groups is 1. The van der Waals surface area contributed by atoms with Gasteiger partial charge in [-0.3, -0.25) is 0 Å². The quantitative estimate of drug-likeness (QED) is 0.396. The number of hydrogen-bond acceptors (Lipinski definition) is 0. The van der Waals surface area contributed by atoms with Gasteiger partial charge in [-0.1, -0.05) is 65.6 Å². The van der Waals surface area contributed by atoms with Crippen LogP contribution in [-0.4, -0.2) is 21.3 Å². The summed E-state index contributed by atoms with van der Waals surface area (Å²) in [5.74, 6) is 3.15. The zero-order valence-corrected chi connectivity index (χ0v) is 15.6. The molecule has 5 heteroatoms. The maximum absolute atomic E-state index is 10.0. The minimum absolute atomic E-state index is 0.318. The van der Waals surface area contributed by atoms with Crippen LogP contribution < -0.4 is 0 Å². The van der Waals surface area contributed by atoms with Gasteiger partial charge in [0.2, 0.25) is 0 Å². The normalized spacial score (nSPS) is 17.2. The van der Waals surface area contributed by atoms with Gasteiger partial charge in [-0.2, -0.15) is 0 Å². The summed E-state index contributed by atoms with van der Waals surface area (Å²) in [4.78, 5) is 20.1. The first-order valence-electron chi connectivity index (χ1n) is 7.64. The molecule has 0 amide bonds. The lowest BCUT2D eigenvalue weighted by atomic mass is 10.0. The Labute approximate surface area is 127 Å². The maximum Gasteiger partial charge on any atom is 0.198 e. The third-order valence-corrected chi connectivity index (χ3v) is 11.2. The fourth-order valence-corrected chi connectivity index (χ4v) is 8.53. The van der Waals surface area contributed by atoms with E-state index >= 15 is 0 Å². The molecule has 0 rings (SSSR count). The predicted octanol–water partition coefficient (Wildman–Crippen LogP) is 4.85. The van der Waals surface area contributed by atoms with E-state index in [0.29, 0.717) is 11.8 Å². The van der Waals surface area contributed by atoms with Crippen molar-refractivity contribution in [3.05, 3.63) is 0 Å². The fraction of sp³-hybridized carbons (Fsp3) is 1.00. The summed E-state index contributed by atoms with van der Waals surface area (Å²) in [6, 6.07) is 0. The maximum atomic E-state index is 10.0. The minimum atomic E-state index is -2.99. The number of hydrogen-bond donors (Lipinski definition) is 3. The molecule has 0 aliphatic carbocycles. The van der Waals surface area contributed by atoms with Gasteiger partial charge in [0.05, 0.1) is 0 Å². The molecule has 0 aliphatic rings. The summed E-state index contributed by atoms with van der Waals surface area (Å²) in [7, 11) is -0.318. The van der Waals surface area contributed by atoms with E-state index in [9.17, 15) is 9.79 Å². The van der Waals surface area contributed by atoms with E-state index < -0.39 is 5.69 Å². The molecule has 0 fully saturated rings. The molecule has 0 radical (unpaired) electrons. The Hall–Kier alpha value is 1.05. The Bertz CT molecular complexity index is 263. The summed E-state index contributed by atoms with van der Waals surface area (Å²) >= 11 is 4.15. The van der Waals surface area contributed by atoms with E-state index in [4.69, 9.17) is 0 Å². The molecule has 0 aromatic heterocycles. The highest BCUT2D eigenvalue weighted by molar-refractivity contribution is 8.65. The molecule has 2 nitrogen and oxygen atoms in total. The largest absolute Gasteiger partial charge is 0.341 e. The third-order valence-electron chi connectivity index (χ3n) is 3.75. The molecule has 2 unspecified atom stereocenters. The van der Waals surface area contributed by atoms with Gasteiger partial charge in [0.1, 0.15) is 0 Å². The van der Waals surface area contributed by atoms with Gasteiger partial charge in [-0.25, -0.2) is 0 Å². The van der Waals surface area contributed by atoms with Gasteiger partial charge in [-0.05, 0) is 36.2 Å². The molecule has 2 N–H and O–H groups in total. The first kappa shape index (κ1) is 20.1. The van der Waals surface area contributed by atoms with Crippen LogP contribution in [0.25, 0.3) is 0 Å². The monoisotopic (exact) mass is 328 g/mol. The summed E-state index contributed by atoms with van der Waals surface area (Å²) < 4.78 is 0. The molecular formula is C14H33O2PS2. The molecule has 118 valence electrons. The second-order valence-corrected chi connectivity index (χ2v) is 13.6. The van der Waals surface area contributed by atoms with Crippen LogP contribution in [0.4, 0.5) is 0 Å². The van der Waals surface area contributed by atoms with Crippen LogP contribution in [0.3, 0.4) is 0 Å².